The predicted octanol–water partition coefficient (Wildman–Crippen LogP) is 4.71. The molecule has 0 aliphatic rings. The van der Waals surface area contributed by atoms with Gasteiger partial charge in [-0.3, -0.25) is 4.79 Å². The molecule has 0 spiro atoms. The van der Waals surface area contributed by atoms with Gasteiger partial charge in [-0.05, 0) is 42.0 Å². The minimum Gasteiger partial charge on any atom is -0.326 e. The van der Waals surface area contributed by atoms with Gasteiger partial charge in [0.15, 0.2) is 0 Å². The quantitative estimate of drug-likeness (QED) is 0.802. The van der Waals surface area contributed by atoms with Gasteiger partial charge in [0, 0.05) is 5.69 Å². The summed E-state index contributed by atoms with van der Waals surface area (Å²) < 4.78 is 76.5. The number of halogens is 6. The number of hydrogen-bond acceptors (Lipinski definition) is 1. The Balaban J connectivity index is 2.27. The highest BCUT2D eigenvalue weighted by Gasteiger charge is 2.36. The van der Waals surface area contributed by atoms with E-state index in [9.17, 15) is 31.1 Å². The molecule has 1 N–H and O–H groups in total. The van der Waals surface area contributed by atoms with E-state index in [1.165, 1.54) is 24.3 Å². The predicted molar refractivity (Wildman–Crippen MR) is 74.1 cm³/mol. The molecule has 0 saturated carbocycles. The lowest BCUT2D eigenvalue weighted by molar-refractivity contribution is -0.143. The molecule has 2 aromatic carbocycles. The Morgan fingerprint density at radius 3 is 1.88 bits per heavy atom. The minimum absolute atomic E-state index is 0.0223. The van der Waals surface area contributed by atoms with Crippen LogP contribution in [0.2, 0.25) is 0 Å². The van der Waals surface area contributed by atoms with Crippen molar-refractivity contribution >= 4 is 11.6 Å². The molecule has 0 aliphatic carbocycles. The van der Waals surface area contributed by atoms with Crippen LogP contribution in [-0.4, -0.2) is 5.91 Å². The second kappa shape index (κ2) is 6.54. The van der Waals surface area contributed by atoms with Crippen molar-refractivity contribution in [1.82, 2.24) is 0 Å². The van der Waals surface area contributed by atoms with E-state index in [4.69, 9.17) is 0 Å². The number of alkyl halides is 6. The Bertz CT molecular complexity index is 689. The molecule has 127 valence electrons. The highest BCUT2D eigenvalue weighted by Crippen LogP contribution is 2.36. The number of benzene rings is 2. The molecule has 0 fully saturated rings. The van der Waals surface area contributed by atoms with Gasteiger partial charge in [-0.1, -0.05) is 12.1 Å². The third-order valence-electron chi connectivity index (χ3n) is 3.01. The van der Waals surface area contributed by atoms with E-state index in [2.05, 4.69) is 11.4 Å². The summed E-state index contributed by atoms with van der Waals surface area (Å²) in [6.45, 7) is 0. The van der Waals surface area contributed by atoms with Crippen molar-refractivity contribution in [3.05, 3.63) is 65.2 Å². The van der Waals surface area contributed by atoms with Crippen LogP contribution in [0.15, 0.2) is 42.5 Å². The maximum atomic E-state index is 12.7. The lowest BCUT2D eigenvalue weighted by Crippen LogP contribution is -2.17. The number of anilines is 1. The summed E-state index contributed by atoms with van der Waals surface area (Å²) in [6, 6.07) is 9.78. The number of carbonyl (C=O) groups excluding carboxylic acids is 1. The molecule has 8 heteroatoms. The molecule has 0 atom stereocenters. The fourth-order valence-electron chi connectivity index (χ4n) is 1.98. The van der Waals surface area contributed by atoms with E-state index in [0.29, 0.717) is 17.8 Å². The Morgan fingerprint density at radius 1 is 0.917 bits per heavy atom. The zero-order chi connectivity index (χ0) is 18.0. The Morgan fingerprint density at radius 2 is 1.42 bits per heavy atom. The smallest absolute Gasteiger partial charge is 0.326 e. The first kappa shape index (κ1) is 17.8. The summed E-state index contributed by atoms with van der Waals surface area (Å²) in [5.74, 6) is -0.728. The molecule has 0 aromatic heterocycles. The standard InChI is InChI=1S/C16H10F6NO/c17-15(18,19)11-6-10(7-12(9-11)16(20,21)22)8-14(24)23-13-4-2-1-3-5-13/h2-7,9H,8H2,(H,23,24). The number of carbonyl (C=O) groups is 1. The van der Waals surface area contributed by atoms with E-state index < -0.39 is 35.8 Å². The second-order valence-electron chi connectivity index (χ2n) is 4.93. The van der Waals surface area contributed by atoms with Gasteiger partial charge in [-0.15, -0.1) is 0 Å². The molecule has 0 unspecified atom stereocenters. The summed E-state index contributed by atoms with van der Waals surface area (Å²) >= 11 is 0. The van der Waals surface area contributed by atoms with Crippen LogP contribution in [0.4, 0.5) is 32.0 Å². The second-order valence-corrected chi connectivity index (χ2v) is 4.93. The third kappa shape index (κ3) is 4.74. The molecule has 0 heterocycles. The lowest BCUT2D eigenvalue weighted by Gasteiger charge is -2.14. The van der Waals surface area contributed by atoms with Gasteiger partial charge in [0.05, 0.1) is 17.5 Å². The van der Waals surface area contributed by atoms with Crippen LogP contribution in [0, 0.1) is 6.07 Å². The molecule has 2 nitrogen and oxygen atoms in total. The van der Waals surface area contributed by atoms with E-state index in [1.807, 2.05) is 0 Å². The first-order chi connectivity index (χ1) is 11.1. The van der Waals surface area contributed by atoms with Crippen LogP contribution < -0.4 is 5.32 Å². The summed E-state index contributed by atoms with van der Waals surface area (Å²) in [6.07, 6.45) is -10.5. The number of rotatable bonds is 3. The highest BCUT2D eigenvalue weighted by atomic mass is 19.4. The van der Waals surface area contributed by atoms with Crippen LogP contribution in [0.1, 0.15) is 16.7 Å². The van der Waals surface area contributed by atoms with Gasteiger partial charge in [0.25, 0.3) is 0 Å². The topological polar surface area (TPSA) is 29.1 Å². The average Bonchev–Trinajstić information content (AvgIpc) is 2.46. The van der Waals surface area contributed by atoms with Crippen LogP contribution in [0.3, 0.4) is 0 Å². The molecule has 2 rings (SSSR count). The Labute approximate surface area is 133 Å². The van der Waals surface area contributed by atoms with Crippen LogP contribution in [0.5, 0.6) is 0 Å². The van der Waals surface area contributed by atoms with Gasteiger partial charge >= 0.3 is 12.4 Å². The van der Waals surface area contributed by atoms with Crippen molar-refractivity contribution in [3.8, 4) is 0 Å². The minimum atomic E-state index is -4.94. The Kier molecular flexibility index (Phi) is 4.86. The fraction of sp³-hybridized carbons (Fsp3) is 0.188. The van der Waals surface area contributed by atoms with Gasteiger partial charge in [0.1, 0.15) is 0 Å². The van der Waals surface area contributed by atoms with Crippen molar-refractivity contribution < 1.29 is 31.1 Å². The zero-order valence-electron chi connectivity index (χ0n) is 11.9. The first-order valence-corrected chi connectivity index (χ1v) is 6.60. The average molecular weight is 346 g/mol. The zero-order valence-corrected chi connectivity index (χ0v) is 11.9. The summed E-state index contributed by atoms with van der Waals surface area (Å²) in [5, 5.41) is 2.39. The van der Waals surface area contributed by atoms with Gasteiger partial charge in [0.2, 0.25) is 5.91 Å². The van der Waals surface area contributed by atoms with Crippen molar-refractivity contribution in [3.63, 3.8) is 0 Å². The molecule has 2 aromatic rings. The summed E-state index contributed by atoms with van der Waals surface area (Å²) in [4.78, 5) is 11.8. The van der Waals surface area contributed by atoms with Crippen LogP contribution >= 0.6 is 0 Å². The van der Waals surface area contributed by atoms with E-state index in [0.717, 1.165) is 0 Å². The first-order valence-electron chi connectivity index (χ1n) is 6.60. The fourth-order valence-corrected chi connectivity index (χ4v) is 1.98. The van der Waals surface area contributed by atoms with Crippen LogP contribution in [-0.2, 0) is 23.6 Å². The molecular weight excluding hydrogens is 336 g/mol. The highest BCUT2D eigenvalue weighted by molar-refractivity contribution is 5.92. The van der Waals surface area contributed by atoms with Crippen molar-refractivity contribution in [2.45, 2.75) is 18.8 Å². The molecular formula is C16H10F6NO. The summed E-state index contributed by atoms with van der Waals surface area (Å²) in [7, 11) is 0. The maximum Gasteiger partial charge on any atom is 0.416 e. The van der Waals surface area contributed by atoms with Crippen molar-refractivity contribution in [2.24, 2.45) is 0 Å². The van der Waals surface area contributed by atoms with Crippen molar-refractivity contribution in [2.75, 3.05) is 5.32 Å². The molecule has 0 aliphatic heterocycles. The SMILES string of the molecule is O=C(Cc1cc(C(F)(F)F)cc(C(F)(F)F)c1)Nc1cc[c]cc1. The van der Waals surface area contributed by atoms with Gasteiger partial charge in [-0.2, -0.15) is 26.3 Å². The molecule has 24 heavy (non-hydrogen) atoms. The van der Waals surface area contributed by atoms with E-state index >= 15 is 0 Å². The molecule has 0 saturated heterocycles. The monoisotopic (exact) mass is 346 g/mol. The molecule has 0 bridgehead atoms. The third-order valence-corrected chi connectivity index (χ3v) is 3.01. The lowest BCUT2D eigenvalue weighted by atomic mass is 10.0. The normalized spacial score (nSPS) is 12.1. The van der Waals surface area contributed by atoms with Crippen LogP contribution in [0.25, 0.3) is 0 Å². The molecule has 1 radical (unpaired) electrons. The largest absolute Gasteiger partial charge is 0.416 e. The number of amides is 1. The van der Waals surface area contributed by atoms with E-state index in [-0.39, 0.29) is 11.6 Å². The molecule has 1 amide bonds. The maximum absolute atomic E-state index is 12.7. The van der Waals surface area contributed by atoms with Gasteiger partial charge < -0.3 is 5.32 Å². The number of hydrogen-bond donors (Lipinski definition) is 1. The number of nitrogens with one attached hydrogen (secondary N) is 1. The van der Waals surface area contributed by atoms with Crippen molar-refractivity contribution in [1.29, 1.82) is 0 Å². The van der Waals surface area contributed by atoms with Gasteiger partial charge in [-0.25, -0.2) is 0 Å². The summed E-state index contributed by atoms with van der Waals surface area (Å²) in [5.41, 5.74) is -2.91. The Hall–Kier alpha value is -2.51. The van der Waals surface area contributed by atoms with E-state index in [1.54, 1.807) is 0 Å².